The molecule has 20 heavy (non-hydrogen) atoms. The molecule has 3 nitrogen and oxygen atoms in total. The lowest BCUT2D eigenvalue weighted by Gasteiger charge is -2.27. The van der Waals surface area contributed by atoms with E-state index in [1.807, 2.05) is 43.0 Å². The molecule has 0 aliphatic rings. The van der Waals surface area contributed by atoms with Crippen molar-refractivity contribution in [2.75, 3.05) is 0 Å². The van der Waals surface area contributed by atoms with Crippen LogP contribution in [-0.4, -0.2) is 9.97 Å². The van der Waals surface area contributed by atoms with Gasteiger partial charge in [0.25, 0.3) is 0 Å². The maximum atomic E-state index is 4.24. The first-order valence-corrected chi connectivity index (χ1v) is 7.07. The average Bonchev–Trinajstić information content (AvgIpc) is 2.44. The first-order chi connectivity index (χ1) is 9.54. The van der Waals surface area contributed by atoms with Crippen LogP contribution in [0, 0.1) is 5.41 Å². The number of nitrogens with zero attached hydrogens (tertiary/aromatic N) is 2. The van der Waals surface area contributed by atoms with Gasteiger partial charge in [-0.1, -0.05) is 26.8 Å². The Morgan fingerprint density at radius 3 is 2.40 bits per heavy atom. The van der Waals surface area contributed by atoms with Crippen molar-refractivity contribution < 1.29 is 0 Å². The number of pyridine rings is 2. The minimum absolute atomic E-state index is 0.270. The van der Waals surface area contributed by atoms with Gasteiger partial charge >= 0.3 is 0 Å². The molecule has 1 N–H and O–H groups in total. The predicted molar refractivity (Wildman–Crippen MR) is 82.1 cm³/mol. The van der Waals surface area contributed by atoms with Gasteiger partial charge in [0, 0.05) is 37.4 Å². The van der Waals surface area contributed by atoms with E-state index in [1.165, 1.54) is 11.1 Å². The van der Waals surface area contributed by atoms with Crippen molar-refractivity contribution in [3.63, 3.8) is 0 Å². The first kappa shape index (κ1) is 14.7. The summed E-state index contributed by atoms with van der Waals surface area (Å²) >= 11 is 0. The molecule has 2 aromatic heterocycles. The van der Waals surface area contributed by atoms with Crippen molar-refractivity contribution in [1.82, 2.24) is 15.3 Å². The Bertz CT molecular complexity index is 503. The highest BCUT2D eigenvalue weighted by molar-refractivity contribution is 5.16. The van der Waals surface area contributed by atoms with Gasteiger partial charge in [0.05, 0.1) is 0 Å². The molecule has 0 aliphatic heterocycles. The van der Waals surface area contributed by atoms with E-state index in [-0.39, 0.29) is 5.41 Å². The molecule has 0 spiro atoms. The van der Waals surface area contributed by atoms with Gasteiger partial charge in [-0.25, -0.2) is 0 Å². The summed E-state index contributed by atoms with van der Waals surface area (Å²) in [7, 11) is 0. The van der Waals surface area contributed by atoms with Gasteiger partial charge in [0.15, 0.2) is 0 Å². The Morgan fingerprint density at radius 2 is 1.80 bits per heavy atom. The van der Waals surface area contributed by atoms with Crippen LogP contribution in [0.15, 0.2) is 49.1 Å². The first-order valence-electron chi connectivity index (χ1n) is 7.07. The third kappa shape index (κ3) is 4.74. The molecular formula is C17H23N3. The zero-order chi connectivity index (χ0) is 14.4. The lowest BCUT2D eigenvalue weighted by atomic mass is 9.86. The Balaban J connectivity index is 2.07. The second-order valence-electron chi connectivity index (χ2n) is 6.34. The quantitative estimate of drug-likeness (QED) is 0.898. The molecule has 0 fully saturated rings. The second kappa shape index (κ2) is 6.62. The van der Waals surface area contributed by atoms with Crippen LogP contribution in [0.25, 0.3) is 0 Å². The van der Waals surface area contributed by atoms with E-state index >= 15 is 0 Å². The normalized spacial score (nSPS) is 13.2. The molecule has 2 rings (SSSR count). The Hall–Kier alpha value is -1.74. The summed E-state index contributed by atoms with van der Waals surface area (Å²) in [6, 6.07) is 8.55. The summed E-state index contributed by atoms with van der Waals surface area (Å²) in [5, 5.41) is 3.64. The van der Waals surface area contributed by atoms with E-state index in [2.05, 4.69) is 42.1 Å². The van der Waals surface area contributed by atoms with Gasteiger partial charge in [0.1, 0.15) is 0 Å². The van der Waals surface area contributed by atoms with Crippen LogP contribution in [0.5, 0.6) is 0 Å². The van der Waals surface area contributed by atoms with Gasteiger partial charge in [-0.3, -0.25) is 9.97 Å². The largest absolute Gasteiger partial charge is 0.306 e. The van der Waals surface area contributed by atoms with Crippen molar-refractivity contribution in [2.24, 2.45) is 5.41 Å². The molecule has 0 bridgehead atoms. The predicted octanol–water partition coefficient (Wildman–Crippen LogP) is 3.74. The molecule has 0 saturated carbocycles. The summed E-state index contributed by atoms with van der Waals surface area (Å²) in [6.07, 6.45) is 8.51. The van der Waals surface area contributed by atoms with Crippen LogP contribution in [-0.2, 0) is 6.54 Å². The SMILES string of the molecule is CC(C)(C)CC(NCc1ccncc1)c1cccnc1. The minimum Gasteiger partial charge on any atom is -0.306 e. The molecule has 1 atom stereocenters. The van der Waals surface area contributed by atoms with Crippen LogP contribution >= 0.6 is 0 Å². The van der Waals surface area contributed by atoms with Gasteiger partial charge in [-0.05, 0) is 41.2 Å². The highest BCUT2D eigenvalue weighted by Gasteiger charge is 2.20. The molecule has 0 amide bonds. The van der Waals surface area contributed by atoms with Crippen LogP contribution in [0.2, 0.25) is 0 Å². The monoisotopic (exact) mass is 269 g/mol. The van der Waals surface area contributed by atoms with Crippen molar-refractivity contribution >= 4 is 0 Å². The van der Waals surface area contributed by atoms with Crippen molar-refractivity contribution in [1.29, 1.82) is 0 Å². The Morgan fingerprint density at radius 1 is 1.05 bits per heavy atom. The fourth-order valence-electron chi connectivity index (χ4n) is 2.24. The summed E-state index contributed by atoms with van der Waals surface area (Å²) in [4.78, 5) is 8.29. The zero-order valence-electron chi connectivity index (χ0n) is 12.5. The second-order valence-corrected chi connectivity index (χ2v) is 6.34. The van der Waals surface area contributed by atoms with E-state index in [4.69, 9.17) is 0 Å². The molecule has 106 valence electrons. The number of aromatic nitrogens is 2. The molecule has 0 radical (unpaired) electrons. The molecular weight excluding hydrogens is 246 g/mol. The van der Waals surface area contributed by atoms with E-state index in [0.29, 0.717) is 6.04 Å². The molecule has 2 heterocycles. The van der Waals surface area contributed by atoms with Crippen molar-refractivity contribution in [3.8, 4) is 0 Å². The highest BCUT2D eigenvalue weighted by Crippen LogP contribution is 2.29. The van der Waals surface area contributed by atoms with E-state index in [9.17, 15) is 0 Å². The summed E-state index contributed by atoms with van der Waals surface area (Å²) in [5.41, 5.74) is 2.77. The van der Waals surface area contributed by atoms with Crippen LogP contribution in [0.4, 0.5) is 0 Å². The third-order valence-electron chi connectivity index (χ3n) is 3.21. The number of nitrogens with one attached hydrogen (secondary N) is 1. The van der Waals surface area contributed by atoms with E-state index < -0.39 is 0 Å². The van der Waals surface area contributed by atoms with Crippen LogP contribution in [0.1, 0.15) is 44.4 Å². The van der Waals surface area contributed by atoms with E-state index in [1.54, 1.807) is 0 Å². The molecule has 1 unspecified atom stereocenters. The lowest BCUT2D eigenvalue weighted by molar-refractivity contribution is 0.310. The minimum atomic E-state index is 0.270. The molecule has 3 heteroatoms. The number of hydrogen-bond donors (Lipinski definition) is 1. The van der Waals surface area contributed by atoms with Crippen LogP contribution in [0.3, 0.4) is 0 Å². The number of hydrogen-bond acceptors (Lipinski definition) is 3. The molecule has 0 aliphatic carbocycles. The van der Waals surface area contributed by atoms with Gasteiger partial charge in [-0.2, -0.15) is 0 Å². The highest BCUT2D eigenvalue weighted by atomic mass is 14.9. The maximum Gasteiger partial charge on any atom is 0.0343 e. The lowest BCUT2D eigenvalue weighted by Crippen LogP contribution is -2.25. The van der Waals surface area contributed by atoms with Gasteiger partial charge in [-0.15, -0.1) is 0 Å². The van der Waals surface area contributed by atoms with Crippen molar-refractivity contribution in [3.05, 3.63) is 60.2 Å². The standard InChI is InChI=1S/C17H23N3/c1-17(2,3)11-16(15-5-4-8-19-13-15)20-12-14-6-9-18-10-7-14/h4-10,13,16,20H,11-12H2,1-3H3. The maximum absolute atomic E-state index is 4.24. The summed E-state index contributed by atoms with van der Waals surface area (Å²) < 4.78 is 0. The topological polar surface area (TPSA) is 37.8 Å². The third-order valence-corrected chi connectivity index (χ3v) is 3.21. The zero-order valence-corrected chi connectivity index (χ0v) is 12.5. The molecule has 2 aromatic rings. The molecule has 0 saturated heterocycles. The molecule has 0 aromatic carbocycles. The fourth-order valence-corrected chi connectivity index (χ4v) is 2.24. The summed E-state index contributed by atoms with van der Waals surface area (Å²) in [6.45, 7) is 7.65. The van der Waals surface area contributed by atoms with Gasteiger partial charge < -0.3 is 5.32 Å². The van der Waals surface area contributed by atoms with Crippen molar-refractivity contribution in [2.45, 2.75) is 39.8 Å². The summed E-state index contributed by atoms with van der Waals surface area (Å²) in [5.74, 6) is 0. The van der Waals surface area contributed by atoms with E-state index in [0.717, 1.165) is 13.0 Å². The van der Waals surface area contributed by atoms with Gasteiger partial charge in [0.2, 0.25) is 0 Å². The number of rotatable bonds is 5. The Labute approximate surface area is 121 Å². The fraction of sp³-hybridized carbons (Fsp3) is 0.412. The van der Waals surface area contributed by atoms with Crippen LogP contribution < -0.4 is 5.32 Å². The Kier molecular flexibility index (Phi) is 4.85. The average molecular weight is 269 g/mol. The smallest absolute Gasteiger partial charge is 0.0343 e.